The van der Waals surface area contributed by atoms with Crippen LogP contribution in [0.25, 0.3) is 0 Å². The summed E-state index contributed by atoms with van der Waals surface area (Å²) in [6.07, 6.45) is 10.6. The van der Waals surface area contributed by atoms with Crippen LogP contribution >= 0.6 is 0 Å². The highest BCUT2D eigenvalue weighted by Crippen LogP contribution is 2.43. The molecule has 2 rings (SSSR count). The third-order valence-corrected chi connectivity index (χ3v) is 5.09. The van der Waals surface area contributed by atoms with Gasteiger partial charge < -0.3 is 15.2 Å². The van der Waals surface area contributed by atoms with Gasteiger partial charge in [0, 0.05) is 12.0 Å². The number of ether oxygens (including phenoxy) is 1. The molecule has 0 amide bonds. The largest absolute Gasteiger partial charge is 0.390 e. The highest BCUT2D eigenvalue weighted by atomic mass is 16.5. The Morgan fingerprint density at radius 1 is 1.10 bits per heavy atom. The molecule has 21 heavy (non-hydrogen) atoms. The minimum absolute atomic E-state index is 0.117. The Kier molecular flexibility index (Phi) is 5.38. The quantitative estimate of drug-likeness (QED) is 0.811. The van der Waals surface area contributed by atoms with Gasteiger partial charge in [-0.25, -0.2) is 0 Å². The molecule has 2 atom stereocenters. The van der Waals surface area contributed by atoms with E-state index in [1.54, 1.807) is 0 Å². The summed E-state index contributed by atoms with van der Waals surface area (Å²) in [5.41, 5.74) is -0.335. The first-order valence-corrected chi connectivity index (χ1v) is 8.85. The summed E-state index contributed by atoms with van der Waals surface area (Å²) in [5.74, 6) is 0. The molecular formula is C18H35NO2. The summed E-state index contributed by atoms with van der Waals surface area (Å²) >= 11 is 0. The molecule has 0 aromatic rings. The van der Waals surface area contributed by atoms with Crippen LogP contribution in [-0.4, -0.2) is 34.5 Å². The molecule has 1 saturated heterocycles. The molecule has 1 aliphatic carbocycles. The maximum atomic E-state index is 10.6. The molecule has 124 valence electrons. The first-order chi connectivity index (χ1) is 9.70. The molecule has 1 saturated carbocycles. The maximum absolute atomic E-state index is 10.6. The second-order valence-corrected chi connectivity index (χ2v) is 8.65. The Hall–Kier alpha value is -0.120. The molecule has 2 aliphatic rings. The number of hydrogen-bond donors (Lipinski definition) is 2. The van der Waals surface area contributed by atoms with E-state index < -0.39 is 5.60 Å². The summed E-state index contributed by atoms with van der Waals surface area (Å²) in [6.45, 7) is 9.30. The molecule has 1 aliphatic heterocycles. The van der Waals surface area contributed by atoms with E-state index in [2.05, 4.69) is 26.1 Å². The van der Waals surface area contributed by atoms with Gasteiger partial charge in [0.05, 0.1) is 17.3 Å². The van der Waals surface area contributed by atoms with Gasteiger partial charge in [0.1, 0.15) is 0 Å². The molecule has 0 aromatic carbocycles. The topological polar surface area (TPSA) is 41.5 Å². The fourth-order valence-corrected chi connectivity index (χ4v) is 3.90. The lowest BCUT2D eigenvalue weighted by atomic mass is 9.83. The van der Waals surface area contributed by atoms with Crippen LogP contribution in [0.3, 0.4) is 0 Å². The minimum atomic E-state index is -0.622. The van der Waals surface area contributed by atoms with Crippen molar-refractivity contribution in [3.05, 3.63) is 0 Å². The molecule has 3 nitrogen and oxygen atoms in total. The van der Waals surface area contributed by atoms with E-state index in [0.29, 0.717) is 0 Å². The van der Waals surface area contributed by atoms with Gasteiger partial charge in [0.15, 0.2) is 0 Å². The molecule has 1 heterocycles. The standard InChI is InChI=1S/C18H35NO2/c1-16(2,3)19-13-12-17(4,20)14-15-8-11-18(21-15)9-6-5-7-10-18/h15,19-20H,5-14H2,1-4H3. The van der Waals surface area contributed by atoms with E-state index >= 15 is 0 Å². The summed E-state index contributed by atoms with van der Waals surface area (Å²) in [5, 5.41) is 14.1. The lowest BCUT2D eigenvalue weighted by molar-refractivity contribution is -0.0907. The van der Waals surface area contributed by atoms with E-state index in [9.17, 15) is 5.11 Å². The normalized spacial score (nSPS) is 28.7. The van der Waals surface area contributed by atoms with Gasteiger partial charge in [-0.15, -0.1) is 0 Å². The first-order valence-electron chi connectivity index (χ1n) is 8.85. The Morgan fingerprint density at radius 3 is 2.38 bits per heavy atom. The highest BCUT2D eigenvalue weighted by molar-refractivity contribution is 4.93. The molecule has 2 N–H and O–H groups in total. The van der Waals surface area contributed by atoms with Crippen molar-refractivity contribution >= 4 is 0 Å². The van der Waals surface area contributed by atoms with Gasteiger partial charge in [0.25, 0.3) is 0 Å². The van der Waals surface area contributed by atoms with Crippen LogP contribution in [0.15, 0.2) is 0 Å². The van der Waals surface area contributed by atoms with Crippen LogP contribution in [0.4, 0.5) is 0 Å². The Morgan fingerprint density at radius 2 is 1.76 bits per heavy atom. The van der Waals surface area contributed by atoms with Gasteiger partial charge in [0.2, 0.25) is 0 Å². The van der Waals surface area contributed by atoms with Crippen molar-refractivity contribution in [2.75, 3.05) is 6.54 Å². The summed E-state index contributed by atoms with van der Waals surface area (Å²) in [4.78, 5) is 0. The number of nitrogens with one attached hydrogen (secondary N) is 1. The van der Waals surface area contributed by atoms with Crippen LogP contribution in [0, 0.1) is 0 Å². The van der Waals surface area contributed by atoms with Crippen molar-refractivity contribution in [1.82, 2.24) is 5.32 Å². The number of hydrogen-bond acceptors (Lipinski definition) is 3. The highest BCUT2D eigenvalue weighted by Gasteiger charge is 2.42. The third kappa shape index (κ3) is 5.54. The average Bonchev–Trinajstić information content (AvgIpc) is 2.70. The average molecular weight is 297 g/mol. The zero-order valence-corrected chi connectivity index (χ0v) is 14.5. The molecule has 0 aromatic heterocycles. The smallest absolute Gasteiger partial charge is 0.0687 e. The van der Waals surface area contributed by atoms with Crippen LogP contribution in [0.2, 0.25) is 0 Å². The van der Waals surface area contributed by atoms with Crippen LogP contribution < -0.4 is 5.32 Å². The molecule has 1 spiro atoms. The van der Waals surface area contributed by atoms with E-state index in [0.717, 1.165) is 25.8 Å². The van der Waals surface area contributed by atoms with Gasteiger partial charge in [-0.2, -0.15) is 0 Å². The second kappa shape index (κ2) is 6.55. The fraction of sp³-hybridized carbons (Fsp3) is 1.00. The molecular weight excluding hydrogens is 262 g/mol. The SMILES string of the molecule is CC(O)(CCNC(C)(C)C)CC1CCC2(CCCCC2)O1. The van der Waals surface area contributed by atoms with Crippen LogP contribution in [-0.2, 0) is 4.74 Å². The molecule has 0 bridgehead atoms. The number of rotatable bonds is 5. The Balaban J connectivity index is 1.75. The van der Waals surface area contributed by atoms with Crippen molar-refractivity contribution < 1.29 is 9.84 Å². The van der Waals surface area contributed by atoms with Crippen LogP contribution in [0.5, 0.6) is 0 Å². The third-order valence-electron chi connectivity index (χ3n) is 5.09. The Labute approximate surface area is 130 Å². The molecule has 0 radical (unpaired) electrons. The lowest BCUT2D eigenvalue weighted by Crippen LogP contribution is -2.41. The maximum Gasteiger partial charge on any atom is 0.0687 e. The number of aliphatic hydroxyl groups is 1. The fourth-order valence-electron chi connectivity index (χ4n) is 3.90. The Bertz CT molecular complexity index is 327. The summed E-state index contributed by atoms with van der Waals surface area (Å²) in [7, 11) is 0. The van der Waals surface area contributed by atoms with Crippen LogP contribution in [0.1, 0.15) is 85.5 Å². The summed E-state index contributed by atoms with van der Waals surface area (Å²) < 4.78 is 6.39. The van der Waals surface area contributed by atoms with Gasteiger partial charge in [-0.1, -0.05) is 19.3 Å². The first kappa shape index (κ1) is 17.2. The van der Waals surface area contributed by atoms with Gasteiger partial charge in [-0.05, 0) is 66.3 Å². The monoisotopic (exact) mass is 297 g/mol. The molecule has 2 unspecified atom stereocenters. The van der Waals surface area contributed by atoms with E-state index in [1.807, 2.05) is 6.92 Å². The predicted octanol–water partition coefficient (Wildman–Crippen LogP) is 3.79. The zero-order chi connectivity index (χ0) is 15.6. The minimum Gasteiger partial charge on any atom is -0.390 e. The van der Waals surface area contributed by atoms with Crippen molar-refractivity contribution in [3.8, 4) is 0 Å². The van der Waals surface area contributed by atoms with Crippen molar-refractivity contribution in [1.29, 1.82) is 0 Å². The van der Waals surface area contributed by atoms with Gasteiger partial charge >= 0.3 is 0 Å². The van der Waals surface area contributed by atoms with E-state index in [4.69, 9.17) is 4.74 Å². The molecule has 3 heteroatoms. The van der Waals surface area contributed by atoms with E-state index in [-0.39, 0.29) is 17.2 Å². The second-order valence-electron chi connectivity index (χ2n) is 8.65. The van der Waals surface area contributed by atoms with Crippen molar-refractivity contribution in [2.45, 2.75) is 108 Å². The predicted molar refractivity (Wildman–Crippen MR) is 87.5 cm³/mol. The van der Waals surface area contributed by atoms with Crippen molar-refractivity contribution in [3.63, 3.8) is 0 Å². The van der Waals surface area contributed by atoms with E-state index in [1.165, 1.54) is 38.5 Å². The molecule has 2 fully saturated rings. The summed E-state index contributed by atoms with van der Waals surface area (Å²) in [6, 6.07) is 0. The lowest BCUT2D eigenvalue weighted by Gasteiger charge is -2.35. The zero-order valence-electron chi connectivity index (χ0n) is 14.5. The van der Waals surface area contributed by atoms with Gasteiger partial charge in [-0.3, -0.25) is 0 Å². The van der Waals surface area contributed by atoms with Crippen molar-refractivity contribution in [2.24, 2.45) is 0 Å².